The fourth-order valence-corrected chi connectivity index (χ4v) is 3.26. The quantitative estimate of drug-likeness (QED) is 0.490. The van der Waals surface area contributed by atoms with Gasteiger partial charge in [0.2, 0.25) is 0 Å². The molecule has 1 N–H and O–H groups in total. The van der Waals surface area contributed by atoms with Gasteiger partial charge in [0.25, 0.3) is 5.91 Å². The van der Waals surface area contributed by atoms with Gasteiger partial charge in [-0.3, -0.25) is 4.79 Å². The smallest absolute Gasteiger partial charge is 0.349 e. The summed E-state index contributed by atoms with van der Waals surface area (Å²) in [7, 11) is 0. The van der Waals surface area contributed by atoms with Gasteiger partial charge in [0, 0.05) is 11.1 Å². The molecule has 0 aliphatic carbocycles. The van der Waals surface area contributed by atoms with Crippen LogP contribution in [-0.2, 0) is 9.53 Å². The van der Waals surface area contributed by atoms with Crippen molar-refractivity contribution in [2.45, 2.75) is 13.0 Å². The number of pyridine rings is 1. The first-order valence-electron chi connectivity index (χ1n) is 7.92. The maximum absolute atomic E-state index is 13.0. The van der Waals surface area contributed by atoms with Gasteiger partial charge in [-0.2, -0.15) is 0 Å². The molecule has 0 bridgehead atoms. The van der Waals surface area contributed by atoms with Crippen molar-refractivity contribution >= 4 is 40.5 Å². The van der Waals surface area contributed by atoms with Crippen molar-refractivity contribution in [1.82, 2.24) is 4.98 Å². The van der Waals surface area contributed by atoms with E-state index in [1.807, 2.05) is 0 Å². The summed E-state index contributed by atoms with van der Waals surface area (Å²) < 4.78 is 18.2. The zero-order valence-electron chi connectivity index (χ0n) is 14.1. The Morgan fingerprint density at radius 1 is 1.19 bits per heavy atom. The fourth-order valence-electron chi connectivity index (χ4n) is 2.20. The van der Waals surface area contributed by atoms with Gasteiger partial charge in [-0.1, -0.05) is 23.7 Å². The maximum Gasteiger partial charge on any atom is 0.349 e. The van der Waals surface area contributed by atoms with Gasteiger partial charge in [0.1, 0.15) is 10.7 Å². The third-order valence-electron chi connectivity index (χ3n) is 3.61. The van der Waals surface area contributed by atoms with Crippen LogP contribution >= 0.6 is 22.9 Å². The topological polar surface area (TPSA) is 68.3 Å². The lowest BCUT2D eigenvalue weighted by Crippen LogP contribution is -2.29. The lowest BCUT2D eigenvalue weighted by Gasteiger charge is -2.13. The number of hydrogen-bond acceptors (Lipinski definition) is 5. The number of halogens is 2. The minimum Gasteiger partial charge on any atom is -0.448 e. The lowest BCUT2D eigenvalue weighted by atomic mass is 10.2. The van der Waals surface area contributed by atoms with Crippen molar-refractivity contribution < 1.29 is 18.7 Å². The van der Waals surface area contributed by atoms with Gasteiger partial charge >= 0.3 is 5.97 Å². The zero-order valence-corrected chi connectivity index (χ0v) is 15.7. The molecule has 27 heavy (non-hydrogen) atoms. The molecule has 0 fully saturated rings. The minimum atomic E-state index is -1.02. The zero-order chi connectivity index (χ0) is 19.4. The summed E-state index contributed by atoms with van der Waals surface area (Å²) in [6.07, 6.45) is 0.474. The highest BCUT2D eigenvalue weighted by molar-refractivity contribution is 7.17. The van der Waals surface area contributed by atoms with Crippen molar-refractivity contribution in [2.24, 2.45) is 0 Å². The number of carbonyl (C=O) groups is 2. The van der Waals surface area contributed by atoms with Crippen molar-refractivity contribution in [2.75, 3.05) is 5.32 Å². The Morgan fingerprint density at radius 3 is 2.63 bits per heavy atom. The molecule has 8 heteroatoms. The molecule has 0 saturated heterocycles. The molecule has 0 aliphatic rings. The second kappa shape index (κ2) is 8.28. The van der Waals surface area contributed by atoms with Crippen molar-refractivity contribution in [3.8, 4) is 10.4 Å². The summed E-state index contributed by atoms with van der Waals surface area (Å²) in [5.41, 5.74) is 1.12. The average molecular weight is 405 g/mol. The summed E-state index contributed by atoms with van der Waals surface area (Å²) in [5.74, 6) is -1.47. The molecule has 1 amide bonds. The van der Waals surface area contributed by atoms with E-state index in [2.05, 4.69) is 10.3 Å². The standard InChI is InChI=1S/C19H14ClFN2O3S/c1-11(18(24)23-14-3-2-10-22-17(14)20)26-19(25)16-9-8-15(27-16)12-4-6-13(21)7-5-12/h2-11H,1H3,(H,23,24)/t11-/m1/s1. The predicted octanol–water partition coefficient (Wildman–Crippen LogP) is 4.79. The molecule has 1 aromatic carbocycles. The molecule has 0 aliphatic heterocycles. The highest BCUT2D eigenvalue weighted by Gasteiger charge is 2.21. The van der Waals surface area contributed by atoms with E-state index in [0.29, 0.717) is 10.6 Å². The number of anilines is 1. The first-order chi connectivity index (χ1) is 12.9. The molecule has 5 nitrogen and oxygen atoms in total. The fraction of sp³-hybridized carbons (Fsp3) is 0.105. The first kappa shape index (κ1) is 19.0. The molecule has 0 spiro atoms. The van der Waals surface area contributed by atoms with Crippen LogP contribution in [0.15, 0.2) is 54.7 Å². The van der Waals surface area contributed by atoms with Gasteiger partial charge in [0.05, 0.1) is 5.69 Å². The molecular weight excluding hydrogens is 391 g/mol. The molecule has 3 rings (SSSR count). The van der Waals surface area contributed by atoms with Crippen LogP contribution in [0.2, 0.25) is 5.15 Å². The van der Waals surface area contributed by atoms with Crippen LogP contribution in [0.3, 0.4) is 0 Å². The van der Waals surface area contributed by atoms with Gasteiger partial charge in [-0.25, -0.2) is 14.2 Å². The monoisotopic (exact) mass is 404 g/mol. The molecule has 138 valence electrons. The number of hydrogen-bond donors (Lipinski definition) is 1. The summed E-state index contributed by atoms with van der Waals surface area (Å²) in [6, 6.07) is 12.5. The first-order valence-corrected chi connectivity index (χ1v) is 9.11. The molecule has 3 aromatic rings. The number of amides is 1. The molecule has 0 saturated carbocycles. The summed E-state index contributed by atoms with van der Waals surface area (Å²) in [5, 5.41) is 2.71. The Balaban J connectivity index is 1.64. The number of thiophene rings is 1. The SMILES string of the molecule is C[C@@H](OC(=O)c1ccc(-c2ccc(F)cc2)s1)C(=O)Nc1cccnc1Cl. The number of rotatable bonds is 5. The number of nitrogens with zero attached hydrogens (tertiary/aromatic N) is 1. The van der Waals surface area contributed by atoms with Gasteiger partial charge in [0.15, 0.2) is 11.3 Å². The van der Waals surface area contributed by atoms with Gasteiger partial charge in [-0.15, -0.1) is 11.3 Å². The van der Waals surface area contributed by atoms with Crippen molar-refractivity contribution in [3.63, 3.8) is 0 Å². The maximum atomic E-state index is 13.0. The predicted molar refractivity (Wildman–Crippen MR) is 102 cm³/mol. The van der Waals surface area contributed by atoms with E-state index >= 15 is 0 Å². The second-order valence-electron chi connectivity index (χ2n) is 5.55. The Morgan fingerprint density at radius 2 is 1.93 bits per heavy atom. The summed E-state index contributed by atoms with van der Waals surface area (Å²) in [4.78, 5) is 29.5. The van der Waals surface area contributed by atoms with Crippen LogP contribution in [0.25, 0.3) is 10.4 Å². The van der Waals surface area contributed by atoms with E-state index in [0.717, 1.165) is 10.4 Å². The van der Waals surface area contributed by atoms with E-state index in [1.54, 1.807) is 36.4 Å². The number of carbonyl (C=O) groups excluding carboxylic acids is 2. The molecule has 0 radical (unpaired) electrons. The van der Waals surface area contributed by atoms with Gasteiger partial charge < -0.3 is 10.1 Å². The van der Waals surface area contributed by atoms with Gasteiger partial charge in [-0.05, 0) is 48.9 Å². The molecule has 1 atom stereocenters. The van der Waals surface area contributed by atoms with Crippen LogP contribution in [0.4, 0.5) is 10.1 Å². The van der Waals surface area contributed by atoms with Crippen LogP contribution in [0.1, 0.15) is 16.6 Å². The molecular formula is C19H14ClFN2O3S. The Bertz CT molecular complexity index is 975. The van der Waals surface area contributed by atoms with Crippen LogP contribution in [0, 0.1) is 5.82 Å². The summed E-state index contributed by atoms with van der Waals surface area (Å²) >= 11 is 7.09. The van der Waals surface area contributed by atoms with E-state index < -0.39 is 18.0 Å². The number of esters is 1. The molecule has 2 heterocycles. The molecule has 2 aromatic heterocycles. The average Bonchev–Trinajstić information content (AvgIpc) is 3.14. The van der Waals surface area contributed by atoms with E-state index in [1.165, 1.54) is 36.6 Å². The van der Waals surface area contributed by atoms with E-state index in [9.17, 15) is 14.0 Å². The number of ether oxygens (including phenoxy) is 1. The largest absolute Gasteiger partial charge is 0.448 e. The molecule has 0 unspecified atom stereocenters. The number of benzene rings is 1. The van der Waals surface area contributed by atoms with Crippen molar-refractivity contribution in [1.29, 1.82) is 0 Å². The van der Waals surface area contributed by atoms with Crippen LogP contribution in [0.5, 0.6) is 0 Å². The minimum absolute atomic E-state index is 0.145. The third kappa shape index (κ3) is 4.69. The van der Waals surface area contributed by atoms with E-state index in [-0.39, 0.29) is 11.0 Å². The third-order valence-corrected chi connectivity index (χ3v) is 5.02. The normalized spacial score (nSPS) is 11.7. The van der Waals surface area contributed by atoms with Crippen LogP contribution in [-0.4, -0.2) is 23.0 Å². The van der Waals surface area contributed by atoms with E-state index in [4.69, 9.17) is 16.3 Å². The summed E-state index contributed by atoms with van der Waals surface area (Å²) in [6.45, 7) is 1.46. The number of aromatic nitrogens is 1. The highest BCUT2D eigenvalue weighted by Crippen LogP contribution is 2.29. The Hall–Kier alpha value is -2.77. The Kier molecular flexibility index (Phi) is 5.83. The highest BCUT2D eigenvalue weighted by atomic mass is 35.5. The van der Waals surface area contributed by atoms with Crippen molar-refractivity contribution in [3.05, 3.63) is 70.6 Å². The second-order valence-corrected chi connectivity index (χ2v) is 6.99. The van der Waals surface area contributed by atoms with Crippen LogP contribution < -0.4 is 5.32 Å². The lowest BCUT2D eigenvalue weighted by molar-refractivity contribution is -0.123. The number of nitrogens with one attached hydrogen (secondary N) is 1. The Labute approximate surface area is 163 Å².